The fraction of sp³-hybridized carbons (Fsp3) is 0.717. The fourth-order valence-corrected chi connectivity index (χ4v) is 7.27. The minimum atomic E-state index is -1.59. The number of amides is 1. The highest BCUT2D eigenvalue weighted by atomic mass is 16.7. The van der Waals surface area contributed by atoms with Crippen LogP contribution in [0.2, 0.25) is 0 Å². The largest absolute Gasteiger partial charge is 0.394 e. The van der Waals surface area contributed by atoms with E-state index in [9.17, 15) is 30.3 Å². The van der Waals surface area contributed by atoms with E-state index >= 15 is 0 Å². The zero-order chi connectivity index (χ0) is 45.1. The molecule has 7 atom stereocenters. The van der Waals surface area contributed by atoms with Gasteiger partial charge in [0.25, 0.3) is 0 Å². The van der Waals surface area contributed by atoms with Crippen LogP contribution in [0.4, 0.5) is 0 Å². The lowest BCUT2D eigenvalue weighted by Gasteiger charge is -2.40. The highest BCUT2D eigenvalue weighted by molar-refractivity contribution is 5.76. The van der Waals surface area contributed by atoms with Crippen molar-refractivity contribution in [3.05, 3.63) is 85.1 Å². The number of hydrogen-bond acceptors (Lipinski definition) is 8. The first-order valence-electron chi connectivity index (χ1n) is 24.8. The van der Waals surface area contributed by atoms with Crippen LogP contribution in [-0.4, -0.2) is 87.5 Å². The Bertz CT molecular complexity index is 1240. The van der Waals surface area contributed by atoms with Gasteiger partial charge in [-0.05, 0) is 70.6 Å². The van der Waals surface area contributed by atoms with E-state index < -0.39 is 49.5 Å². The van der Waals surface area contributed by atoms with E-state index in [-0.39, 0.29) is 18.9 Å². The number of ether oxygens (including phenoxy) is 2. The molecule has 1 saturated heterocycles. The molecule has 1 rings (SSSR count). The van der Waals surface area contributed by atoms with Crippen LogP contribution >= 0.6 is 0 Å². The predicted molar refractivity (Wildman–Crippen MR) is 258 cm³/mol. The van der Waals surface area contributed by atoms with Gasteiger partial charge in [-0.1, -0.05) is 195 Å². The first kappa shape index (κ1) is 57.4. The molecule has 1 fully saturated rings. The Morgan fingerprint density at radius 1 is 0.565 bits per heavy atom. The van der Waals surface area contributed by atoms with Crippen LogP contribution in [0, 0.1) is 0 Å². The Kier molecular flexibility index (Phi) is 39.2. The summed E-state index contributed by atoms with van der Waals surface area (Å²) in [6.07, 6.45) is 52.1. The third-order valence-electron chi connectivity index (χ3n) is 11.2. The van der Waals surface area contributed by atoms with Crippen molar-refractivity contribution in [1.29, 1.82) is 0 Å². The van der Waals surface area contributed by atoms with Crippen molar-refractivity contribution in [1.82, 2.24) is 5.32 Å². The molecule has 0 aromatic carbocycles. The lowest BCUT2D eigenvalue weighted by atomic mass is 9.99. The van der Waals surface area contributed by atoms with Gasteiger partial charge >= 0.3 is 0 Å². The second kappa shape index (κ2) is 42.3. The molecule has 0 bridgehead atoms. The van der Waals surface area contributed by atoms with E-state index in [1.807, 2.05) is 6.08 Å². The second-order valence-electron chi connectivity index (χ2n) is 16.9. The van der Waals surface area contributed by atoms with Crippen LogP contribution in [0.15, 0.2) is 85.1 Å². The number of aliphatic hydroxyl groups excluding tert-OH is 5. The molecule has 9 heteroatoms. The van der Waals surface area contributed by atoms with Gasteiger partial charge in [-0.2, -0.15) is 0 Å². The summed E-state index contributed by atoms with van der Waals surface area (Å²) < 4.78 is 11.2. The van der Waals surface area contributed by atoms with Crippen molar-refractivity contribution >= 4 is 5.91 Å². The Hall–Kier alpha value is -2.63. The highest BCUT2D eigenvalue weighted by Crippen LogP contribution is 2.22. The maximum atomic E-state index is 13.0. The summed E-state index contributed by atoms with van der Waals surface area (Å²) in [4.78, 5) is 13.0. The van der Waals surface area contributed by atoms with Crippen LogP contribution in [-0.2, 0) is 14.3 Å². The van der Waals surface area contributed by atoms with Gasteiger partial charge < -0.3 is 40.3 Å². The molecule has 62 heavy (non-hydrogen) atoms. The van der Waals surface area contributed by atoms with E-state index in [2.05, 4.69) is 92.1 Å². The van der Waals surface area contributed by atoms with Gasteiger partial charge in [0.15, 0.2) is 6.29 Å². The van der Waals surface area contributed by atoms with Gasteiger partial charge in [-0.15, -0.1) is 0 Å². The van der Waals surface area contributed by atoms with Gasteiger partial charge in [0.2, 0.25) is 5.91 Å². The Balaban J connectivity index is 2.38. The molecule has 1 aliphatic heterocycles. The minimum absolute atomic E-state index is 0.228. The van der Waals surface area contributed by atoms with Crippen molar-refractivity contribution in [2.45, 2.75) is 230 Å². The summed E-state index contributed by atoms with van der Waals surface area (Å²) >= 11 is 0. The van der Waals surface area contributed by atoms with E-state index in [0.29, 0.717) is 6.42 Å². The number of hydrogen-bond donors (Lipinski definition) is 6. The maximum Gasteiger partial charge on any atom is 0.220 e. The summed E-state index contributed by atoms with van der Waals surface area (Å²) in [6, 6.07) is -0.856. The van der Waals surface area contributed by atoms with Crippen LogP contribution < -0.4 is 5.32 Å². The van der Waals surface area contributed by atoms with Gasteiger partial charge in [-0.3, -0.25) is 4.79 Å². The quantitative estimate of drug-likeness (QED) is 0.0263. The Morgan fingerprint density at radius 2 is 1.02 bits per heavy atom. The first-order valence-corrected chi connectivity index (χ1v) is 24.8. The third-order valence-corrected chi connectivity index (χ3v) is 11.2. The minimum Gasteiger partial charge on any atom is -0.394 e. The second-order valence-corrected chi connectivity index (χ2v) is 16.9. The molecule has 0 aromatic heterocycles. The molecule has 0 aliphatic carbocycles. The molecule has 1 aliphatic rings. The number of allylic oxidation sites excluding steroid dienone is 13. The Morgan fingerprint density at radius 3 is 1.55 bits per heavy atom. The smallest absolute Gasteiger partial charge is 0.220 e. The SMILES string of the molecule is CC/C=C\C/C=C\C/C=C\C/C=C\C/C=C\CCCC(=O)NC(COC1OC(CO)C(O)C(O)C1O)C(O)/C=C/CC/C=C/CCCCCCCCCCCCCCCCCC. The average Bonchev–Trinajstić information content (AvgIpc) is 3.27. The first-order chi connectivity index (χ1) is 30.3. The summed E-state index contributed by atoms with van der Waals surface area (Å²) in [5, 5.41) is 54.2. The fourth-order valence-electron chi connectivity index (χ4n) is 7.27. The van der Waals surface area contributed by atoms with Gasteiger partial charge in [0, 0.05) is 6.42 Å². The van der Waals surface area contributed by atoms with Gasteiger partial charge in [0.1, 0.15) is 24.4 Å². The Labute approximate surface area is 378 Å². The molecule has 0 radical (unpaired) electrons. The summed E-state index contributed by atoms with van der Waals surface area (Å²) in [5.41, 5.74) is 0. The van der Waals surface area contributed by atoms with Gasteiger partial charge in [-0.25, -0.2) is 0 Å². The molecule has 0 aromatic rings. The van der Waals surface area contributed by atoms with E-state index in [1.54, 1.807) is 6.08 Å². The molecule has 0 spiro atoms. The normalized spacial score (nSPS) is 21.0. The lowest BCUT2D eigenvalue weighted by Crippen LogP contribution is -2.60. The van der Waals surface area contributed by atoms with E-state index in [1.165, 1.54) is 103 Å². The van der Waals surface area contributed by atoms with Crippen molar-refractivity contribution in [3.63, 3.8) is 0 Å². The molecule has 9 nitrogen and oxygen atoms in total. The standard InChI is InChI=1S/C53H91NO8/c1-3-5-7-9-11-13-15-17-19-21-22-23-24-25-27-28-30-32-34-36-38-40-42-47(56)46(45-61-53-52(60)51(59)50(58)48(44-55)62-53)54-49(57)43-41-39-37-35-33-31-29-26-20-18-16-14-12-10-8-6-4-2/h6,8,12,14,18,20,29,31-32,34-35,37,40,42,46-48,50-53,55-56,58-60H,3-5,7,9-11,13,15-17,19,21-28,30,33,36,38-39,41,43-45H2,1-2H3,(H,54,57)/b8-6-,14-12-,20-18-,31-29-,34-32+,37-35-,42-40+. The third kappa shape index (κ3) is 32.1. The number of carbonyl (C=O) groups is 1. The highest BCUT2D eigenvalue weighted by Gasteiger charge is 2.44. The number of aliphatic hydroxyl groups is 5. The zero-order valence-electron chi connectivity index (χ0n) is 39.1. The molecule has 1 amide bonds. The monoisotopic (exact) mass is 870 g/mol. The zero-order valence-corrected chi connectivity index (χ0v) is 39.1. The molecule has 1 heterocycles. The number of nitrogens with one attached hydrogen (secondary N) is 1. The molecular formula is C53H91NO8. The topological polar surface area (TPSA) is 149 Å². The van der Waals surface area contributed by atoms with Crippen LogP contribution in [0.1, 0.15) is 187 Å². The number of unbranched alkanes of at least 4 members (excludes halogenated alkanes) is 18. The molecule has 0 saturated carbocycles. The molecule has 6 N–H and O–H groups in total. The summed E-state index contributed by atoms with van der Waals surface area (Å²) in [7, 11) is 0. The van der Waals surface area contributed by atoms with E-state index in [0.717, 1.165) is 57.8 Å². The predicted octanol–water partition coefficient (Wildman–Crippen LogP) is 11.1. The molecule has 356 valence electrons. The van der Waals surface area contributed by atoms with Gasteiger partial charge in [0.05, 0.1) is 25.4 Å². The summed E-state index contributed by atoms with van der Waals surface area (Å²) in [6.45, 7) is 3.60. The molecule has 7 unspecified atom stereocenters. The van der Waals surface area contributed by atoms with E-state index in [4.69, 9.17) is 9.47 Å². The van der Waals surface area contributed by atoms with Crippen LogP contribution in [0.5, 0.6) is 0 Å². The van der Waals surface area contributed by atoms with Crippen LogP contribution in [0.25, 0.3) is 0 Å². The number of carbonyl (C=O) groups excluding carboxylic acids is 1. The van der Waals surface area contributed by atoms with Crippen molar-refractivity contribution in [3.8, 4) is 0 Å². The maximum absolute atomic E-state index is 13.0. The lowest BCUT2D eigenvalue weighted by molar-refractivity contribution is -0.302. The van der Waals surface area contributed by atoms with Crippen LogP contribution in [0.3, 0.4) is 0 Å². The molecular weight excluding hydrogens is 779 g/mol. The average molecular weight is 870 g/mol. The van der Waals surface area contributed by atoms with Crippen molar-refractivity contribution in [2.75, 3.05) is 13.2 Å². The summed E-state index contributed by atoms with van der Waals surface area (Å²) in [5.74, 6) is -0.246. The van der Waals surface area contributed by atoms with Crippen molar-refractivity contribution < 1.29 is 39.8 Å². The van der Waals surface area contributed by atoms with Crippen molar-refractivity contribution in [2.24, 2.45) is 0 Å². The number of rotatable bonds is 40.